The van der Waals surface area contributed by atoms with E-state index in [2.05, 4.69) is 17.1 Å². The molecule has 0 atom stereocenters. The number of rotatable bonds is 4. The number of ether oxygens (including phenoxy) is 1. The van der Waals surface area contributed by atoms with Crippen molar-refractivity contribution in [2.45, 2.75) is 19.8 Å². The molecule has 104 valence electrons. The molecule has 1 aliphatic rings. The highest BCUT2D eigenvalue weighted by Crippen LogP contribution is 2.21. The molecule has 19 heavy (non-hydrogen) atoms. The van der Waals surface area contributed by atoms with Gasteiger partial charge in [0.2, 0.25) is 5.91 Å². The molecule has 1 aromatic carbocycles. The lowest BCUT2D eigenvalue weighted by Gasteiger charge is -2.22. The van der Waals surface area contributed by atoms with Crippen LogP contribution in [0.4, 0.5) is 11.4 Å². The van der Waals surface area contributed by atoms with Gasteiger partial charge in [-0.3, -0.25) is 4.79 Å². The highest BCUT2D eigenvalue weighted by atomic mass is 16.5. The van der Waals surface area contributed by atoms with Crippen LogP contribution in [-0.4, -0.2) is 32.7 Å². The summed E-state index contributed by atoms with van der Waals surface area (Å²) < 4.78 is 5.28. The van der Waals surface area contributed by atoms with Crippen molar-refractivity contribution in [3.63, 3.8) is 0 Å². The number of nitrogens with one attached hydrogen (secondary N) is 1. The summed E-state index contributed by atoms with van der Waals surface area (Å²) in [4.78, 5) is 14.3. The number of carbonyl (C=O) groups excluding carboxylic acids is 1. The van der Waals surface area contributed by atoms with Gasteiger partial charge in [0.05, 0.1) is 0 Å². The molecular weight excluding hydrogens is 240 g/mol. The van der Waals surface area contributed by atoms with E-state index in [1.807, 2.05) is 31.3 Å². The average Bonchev–Trinajstić information content (AvgIpc) is 2.47. The van der Waals surface area contributed by atoms with E-state index in [1.165, 1.54) is 0 Å². The molecule has 1 aromatic rings. The smallest absolute Gasteiger partial charge is 0.227 e. The first kappa shape index (κ1) is 13.9. The van der Waals surface area contributed by atoms with Gasteiger partial charge in [0, 0.05) is 44.1 Å². The predicted molar refractivity (Wildman–Crippen MR) is 77.6 cm³/mol. The van der Waals surface area contributed by atoms with E-state index >= 15 is 0 Å². The second kappa shape index (κ2) is 6.57. The number of anilines is 2. The molecular formula is C15H22N2O2. The monoisotopic (exact) mass is 262 g/mol. The largest absolute Gasteiger partial charge is 0.381 e. The topological polar surface area (TPSA) is 41.6 Å². The summed E-state index contributed by atoms with van der Waals surface area (Å²) in [7, 11) is 2.04. The third-order valence-corrected chi connectivity index (χ3v) is 3.62. The minimum Gasteiger partial charge on any atom is -0.381 e. The van der Waals surface area contributed by atoms with Crippen LogP contribution in [0.2, 0.25) is 0 Å². The summed E-state index contributed by atoms with van der Waals surface area (Å²) in [5.41, 5.74) is 1.99. The van der Waals surface area contributed by atoms with Crippen LogP contribution in [0.25, 0.3) is 0 Å². The van der Waals surface area contributed by atoms with E-state index < -0.39 is 0 Å². The van der Waals surface area contributed by atoms with Gasteiger partial charge in [-0.1, -0.05) is 6.07 Å². The Bertz CT molecular complexity index is 428. The Morgan fingerprint density at radius 2 is 2.16 bits per heavy atom. The fourth-order valence-corrected chi connectivity index (χ4v) is 2.21. The molecule has 0 spiro atoms. The minimum atomic E-state index is 0.0845. The van der Waals surface area contributed by atoms with Gasteiger partial charge >= 0.3 is 0 Å². The van der Waals surface area contributed by atoms with Gasteiger partial charge in [-0.25, -0.2) is 0 Å². The van der Waals surface area contributed by atoms with Gasteiger partial charge in [0.1, 0.15) is 0 Å². The van der Waals surface area contributed by atoms with Crippen LogP contribution >= 0.6 is 0 Å². The zero-order chi connectivity index (χ0) is 13.7. The van der Waals surface area contributed by atoms with Crippen LogP contribution in [0, 0.1) is 5.92 Å². The van der Waals surface area contributed by atoms with E-state index in [4.69, 9.17) is 4.74 Å². The fraction of sp³-hybridized carbons (Fsp3) is 0.533. The molecule has 0 saturated carbocycles. The van der Waals surface area contributed by atoms with Gasteiger partial charge < -0.3 is 15.0 Å². The Kier molecular flexibility index (Phi) is 4.80. The summed E-state index contributed by atoms with van der Waals surface area (Å²) in [5.74, 6) is 0.195. The SMILES string of the molecule is CCN(C)c1cccc(NC(=O)C2CCOCC2)c1. The Balaban J connectivity index is 2.00. The third-order valence-electron chi connectivity index (χ3n) is 3.62. The minimum absolute atomic E-state index is 0.0845. The first-order chi connectivity index (χ1) is 9.20. The van der Waals surface area contributed by atoms with Gasteiger partial charge in [-0.05, 0) is 38.0 Å². The lowest BCUT2D eigenvalue weighted by atomic mass is 9.99. The maximum atomic E-state index is 12.1. The Hall–Kier alpha value is -1.55. The summed E-state index contributed by atoms with van der Waals surface area (Å²) in [5, 5.41) is 3.01. The molecule has 0 aliphatic carbocycles. The van der Waals surface area contributed by atoms with Crippen LogP contribution in [0.15, 0.2) is 24.3 Å². The lowest BCUT2D eigenvalue weighted by Crippen LogP contribution is -2.28. The normalized spacial score (nSPS) is 16.1. The van der Waals surface area contributed by atoms with Crippen LogP contribution < -0.4 is 10.2 Å². The first-order valence-corrected chi connectivity index (χ1v) is 6.90. The fourth-order valence-electron chi connectivity index (χ4n) is 2.21. The van der Waals surface area contributed by atoms with E-state index in [-0.39, 0.29) is 11.8 Å². The zero-order valence-electron chi connectivity index (χ0n) is 11.7. The van der Waals surface area contributed by atoms with Crippen molar-refractivity contribution in [3.05, 3.63) is 24.3 Å². The van der Waals surface area contributed by atoms with Crippen molar-refractivity contribution >= 4 is 17.3 Å². The standard InChI is InChI=1S/C15H22N2O2/c1-3-17(2)14-6-4-5-13(11-14)16-15(18)12-7-9-19-10-8-12/h4-6,11-12H,3,7-10H2,1-2H3,(H,16,18). The quantitative estimate of drug-likeness (QED) is 0.906. The Morgan fingerprint density at radius 3 is 2.84 bits per heavy atom. The zero-order valence-corrected chi connectivity index (χ0v) is 11.7. The molecule has 4 nitrogen and oxygen atoms in total. The van der Waals surface area contributed by atoms with Crippen molar-refractivity contribution in [2.24, 2.45) is 5.92 Å². The number of carbonyl (C=O) groups is 1. The van der Waals surface area contributed by atoms with Crippen LogP contribution in [0.5, 0.6) is 0 Å². The van der Waals surface area contributed by atoms with Crippen molar-refractivity contribution in [1.82, 2.24) is 0 Å². The Labute approximate surface area is 114 Å². The molecule has 0 bridgehead atoms. The van der Waals surface area contributed by atoms with Crippen LogP contribution in [0.1, 0.15) is 19.8 Å². The molecule has 0 unspecified atom stereocenters. The second-order valence-corrected chi connectivity index (χ2v) is 4.94. The molecule has 1 amide bonds. The van der Waals surface area contributed by atoms with Crippen molar-refractivity contribution < 1.29 is 9.53 Å². The highest BCUT2D eigenvalue weighted by Gasteiger charge is 2.21. The molecule has 1 fully saturated rings. The molecule has 2 rings (SSSR count). The second-order valence-electron chi connectivity index (χ2n) is 4.94. The summed E-state index contributed by atoms with van der Waals surface area (Å²) >= 11 is 0. The molecule has 1 saturated heterocycles. The molecule has 1 aliphatic heterocycles. The number of hydrogen-bond donors (Lipinski definition) is 1. The molecule has 0 radical (unpaired) electrons. The van der Waals surface area contributed by atoms with E-state index in [1.54, 1.807) is 0 Å². The molecule has 0 aromatic heterocycles. The number of amides is 1. The van der Waals surface area contributed by atoms with Crippen molar-refractivity contribution in [3.8, 4) is 0 Å². The predicted octanol–water partition coefficient (Wildman–Crippen LogP) is 2.51. The summed E-state index contributed by atoms with van der Waals surface area (Å²) in [6, 6.07) is 7.97. The van der Waals surface area contributed by atoms with Crippen molar-refractivity contribution in [1.29, 1.82) is 0 Å². The van der Waals surface area contributed by atoms with Crippen LogP contribution in [0.3, 0.4) is 0 Å². The summed E-state index contributed by atoms with van der Waals surface area (Å²) in [6.07, 6.45) is 1.64. The van der Waals surface area contributed by atoms with E-state index in [9.17, 15) is 4.79 Å². The first-order valence-electron chi connectivity index (χ1n) is 6.90. The van der Waals surface area contributed by atoms with E-state index in [0.717, 1.165) is 30.8 Å². The number of nitrogens with zero attached hydrogens (tertiary/aromatic N) is 1. The maximum absolute atomic E-state index is 12.1. The van der Waals surface area contributed by atoms with Gasteiger partial charge in [0.15, 0.2) is 0 Å². The average molecular weight is 262 g/mol. The van der Waals surface area contributed by atoms with E-state index in [0.29, 0.717) is 13.2 Å². The number of hydrogen-bond acceptors (Lipinski definition) is 3. The molecule has 4 heteroatoms. The summed E-state index contributed by atoms with van der Waals surface area (Å²) in [6.45, 7) is 4.43. The van der Waals surface area contributed by atoms with Gasteiger partial charge in [-0.2, -0.15) is 0 Å². The van der Waals surface area contributed by atoms with Gasteiger partial charge in [0.25, 0.3) is 0 Å². The van der Waals surface area contributed by atoms with Crippen molar-refractivity contribution in [2.75, 3.05) is 37.0 Å². The maximum Gasteiger partial charge on any atom is 0.227 e. The number of benzene rings is 1. The molecule has 1 N–H and O–H groups in total. The third kappa shape index (κ3) is 3.70. The van der Waals surface area contributed by atoms with Crippen LogP contribution in [-0.2, 0) is 9.53 Å². The highest BCUT2D eigenvalue weighted by molar-refractivity contribution is 5.93. The molecule has 1 heterocycles. The Morgan fingerprint density at radius 1 is 1.42 bits per heavy atom. The van der Waals surface area contributed by atoms with Gasteiger partial charge in [-0.15, -0.1) is 0 Å². The lowest BCUT2D eigenvalue weighted by molar-refractivity contribution is -0.122.